The van der Waals surface area contributed by atoms with E-state index in [1.807, 2.05) is 0 Å². The van der Waals surface area contributed by atoms with Crippen molar-refractivity contribution in [2.75, 3.05) is 0 Å². The third-order valence-corrected chi connectivity index (χ3v) is 3.10. The first kappa shape index (κ1) is 16.7. The SMILES string of the molecule is CCCCCCCC(=O)CC(C)CC(C)(C)C. The minimum atomic E-state index is 0.348. The Balaban J connectivity index is 3.58. The lowest BCUT2D eigenvalue weighted by Gasteiger charge is -2.22. The van der Waals surface area contributed by atoms with Crippen molar-refractivity contribution in [3.63, 3.8) is 0 Å². The summed E-state index contributed by atoms with van der Waals surface area (Å²) in [6.45, 7) is 11.2. The third-order valence-electron chi connectivity index (χ3n) is 3.10. The van der Waals surface area contributed by atoms with Gasteiger partial charge in [0.2, 0.25) is 0 Å². The van der Waals surface area contributed by atoms with Crippen molar-refractivity contribution in [2.24, 2.45) is 11.3 Å². The standard InChI is InChI=1S/C16H32O/c1-6-7-8-9-10-11-15(17)12-14(2)13-16(3,4)5/h14H,6-13H2,1-5H3. The van der Waals surface area contributed by atoms with Crippen LogP contribution in [0, 0.1) is 11.3 Å². The summed E-state index contributed by atoms with van der Waals surface area (Å²) in [6, 6.07) is 0. The molecule has 0 saturated heterocycles. The summed E-state index contributed by atoms with van der Waals surface area (Å²) >= 11 is 0. The molecule has 102 valence electrons. The molecule has 0 saturated carbocycles. The number of Topliss-reactive ketones (excluding diaryl/α,β-unsaturated/α-hetero) is 1. The van der Waals surface area contributed by atoms with Crippen LogP contribution in [0.15, 0.2) is 0 Å². The zero-order chi connectivity index (χ0) is 13.3. The van der Waals surface area contributed by atoms with Gasteiger partial charge < -0.3 is 0 Å². The second-order valence-corrected chi connectivity index (χ2v) is 6.78. The van der Waals surface area contributed by atoms with Crippen molar-refractivity contribution >= 4 is 5.78 Å². The highest BCUT2D eigenvalue weighted by Crippen LogP contribution is 2.26. The molecule has 0 amide bonds. The molecular formula is C16H32O. The van der Waals surface area contributed by atoms with Crippen molar-refractivity contribution in [2.45, 2.75) is 86.0 Å². The molecule has 0 aromatic heterocycles. The van der Waals surface area contributed by atoms with Crippen LogP contribution in [0.25, 0.3) is 0 Å². The normalized spacial score (nSPS) is 13.7. The first-order valence-corrected chi connectivity index (χ1v) is 7.37. The van der Waals surface area contributed by atoms with Gasteiger partial charge in [0, 0.05) is 12.8 Å². The van der Waals surface area contributed by atoms with Crippen LogP contribution < -0.4 is 0 Å². The molecule has 0 rings (SSSR count). The second kappa shape index (κ2) is 8.72. The van der Waals surface area contributed by atoms with Gasteiger partial charge in [-0.05, 0) is 24.2 Å². The van der Waals surface area contributed by atoms with Gasteiger partial charge in [-0.1, -0.05) is 60.3 Å². The molecule has 0 aromatic rings. The molecule has 0 bridgehead atoms. The molecule has 1 heteroatoms. The van der Waals surface area contributed by atoms with Crippen molar-refractivity contribution < 1.29 is 4.79 Å². The van der Waals surface area contributed by atoms with E-state index in [-0.39, 0.29) is 0 Å². The number of hydrogen-bond donors (Lipinski definition) is 0. The number of unbranched alkanes of at least 4 members (excludes halogenated alkanes) is 4. The molecule has 0 aliphatic heterocycles. The first-order valence-electron chi connectivity index (χ1n) is 7.37. The Kier molecular flexibility index (Phi) is 8.55. The van der Waals surface area contributed by atoms with Crippen LogP contribution in [0.3, 0.4) is 0 Å². The number of ketones is 1. The number of carbonyl (C=O) groups excluding carboxylic acids is 1. The summed E-state index contributed by atoms with van der Waals surface area (Å²) in [4.78, 5) is 11.8. The number of hydrogen-bond acceptors (Lipinski definition) is 1. The van der Waals surface area contributed by atoms with Gasteiger partial charge in [-0.25, -0.2) is 0 Å². The summed E-state index contributed by atoms with van der Waals surface area (Å²) in [5.41, 5.74) is 0.348. The smallest absolute Gasteiger partial charge is 0.133 e. The summed E-state index contributed by atoms with van der Waals surface area (Å²) in [5.74, 6) is 1.01. The number of carbonyl (C=O) groups is 1. The lowest BCUT2D eigenvalue weighted by Crippen LogP contribution is -2.14. The first-order chi connectivity index (χ1) is 7.85. The Morgan fingerprint density at radius 3 is 2.18 bits per heavy atom. The lowest BCUT2D eigenvalue weighted by atomic mass is 9.83. The topological polar surface area (TPSA) is 17.1 Å². The van der Waals surface area contributed by atoms with E-state index in [0.717, 1.165) is 25.7 Å². The van der Waals surface area contributed by atoms with E-state index in [1.54, 1.807) is 0 Å². The van der Waals surface area contributed by atoms with E-state index >= 15 is 0 Å². The van der Waals surface area contributed by atoms with E-state index in [0.29, 0.717) is 17.1 Å². The highest BCUT2D eigenvalue weighted by atomic mass is 16.1. The van der Waals surface area contributed by atoms with Crippen LogP contribution in [-0.4, -0.2) is 5.78 Å². The second-order valence-electron chi connectivity index (χ2n) is 6.78. The predicted octanol–water partition coefficient (Wildman–Crippen LogP) is 5.38. The molecule has 1 nitrogen and oxygen atoms in total. The average Bonchev–Trinajstić information content (AvgIpc) is 2.14. The summed E-state index contributed by atoms with van der Waals surface area (Å²) in [7, 11) is 0. The van der Waals surface area contributed by atoms with E-state index in [9.17, 15) is 4.79 Å². The minimum Gasteiger partial charge on any atom is -0.300 e. The van der Waals surface area contributed by atoms with E-state index in [2.05, 4.69) is 34.6 Å². The van der Waals surface area contributed by atoms with Gasteiger partial charge in [0.05, 0.1) is 0 Å². The lowest BCUT2D eigenvalue weighted by molar-refractivity contribution is -0.120. The average molecular weight is 240 g/mol. The van der Waals surface area contributed by atoms with Gasteiger partial charge >= 0.3 is 0 Å². The van der Waals surface area contributed by atoms with Crippen molar-refractivity contribution in [1.29, 1.82) is 0 Å². The van der Waals surface area contributed by atoms with Crippen LogP contribution in [-0.2, 0) is 4.79 Å². The van der Waals surface area contributed by atoms with Crippen LogP contribution in [0.5, 0.6) is 0 Å². The van der Waals surface area contributed by atoms with Gasteiger partial charge in [0.1, 0.15) is 5.78 Å². The fourth-order valence-electron chi connectivity index (χ4n) is 2.53. The monoisotopic (exact) mass is 240 g/mol. The maximum atomic E-state index is 11.8. The minimum absolute atomic E-state index is 0.348. The van der Waals surface area contributed by atoms with Gasteiger partial charge in [0.15, 0.2) is 0 Å². The molecular weight excluding hydrogens is 208 g/mol. The molecule has 0 radical (unpaired) electrons. The van der Waals surface area contributed by atoms with E-state index in [1.165, 1.54) is 25.7 Å². The summed E-state index contributed by atoms with van der Waals surface area (Å²) in [6.07, 6.45) is 8.94. The van der Waals surface area contributed by atoms with Crippen molar-refractivity contribution in [3.8, 4) is 0 Å². The molecule has 0 aromatic carbocycles. The van der Waals surface area contributed by atoms with Crippen LogP contribution in [0.1, 0.15) is 86.0 Å². The Labute approximate surface area is 108 Å². The van der Waals surface area contributed by atoms with Crippen LogP contribution in [0.2, 0.25) is 0 Å². The fourth-order valence-corrected chi connectivity index (χ4v) is 2.53. The van der Waals surface area contributed by atoms with Crippen LogP contribution >= 0.6 is 0 Å². The number of rotatable bonds is 9. The Morgan fingerprint density at radius 1 is 1.06 bits per heavy atom. The molecule has 0 aliphatic carbocycles. The Morgan fingerprint density at radius 2 is 1.65 bits per heavy atom. The van der Waals surface area contributed by atoms with Crippen molar-refractivity contribution in [3.05, 3.63) is 0 Å². The molecule has 1 atom stereocenters. The highest BCUT2D eigenvalue weighted by molar-refractivity contribution is 5.78. The molecule has 0 fully saturated rings. The molecule has 17 heavy (non-hydrogen) atoms. The van der Waals surface area contributed by atoms with Crippen LogP contribution in [0.4, 0.5) is 0 Å². The van der Waals surface area contributed by atoms with Crippen molar-refractivity contribution in [1.82, 2.24) is 0 Å². The van der Waals surface area contributed by atoms with Gasteiger partial charge in [-0.3, -0.25) is 4.79 Å². The molecule has 0 heterocycles. The van der Waals surface area contributed by atoms with Gasteiger partial charge in [0.25, 0.3) is 0 Å². The molecule has 0 aliphatic rings. The Bertz CT molecular complexity index is 200. The van der Waals surface area contributed by atoms with Gasteiger partial charge in [-0.15, -0.1) is 0 Å². The zero-order valence-corrected chi connectivity index (χ0v) is 12.6. The maximum Gasteiger partial charge on any atom is 0.133 e. The third kappa shape index (κ3) is 11.9. The van der Waals surface area contributed by atoms with E-state index < -0.39 is 0 Å². The maximum absolute atomic E-state index is 11.8. The summed E-state index contributed by atoms with van der Waals surface area (Å²) < 4.78 is 0. The highest BCUT2D eigenvalue weighted by Gasteiger charge is 2.17. The molecule has 1 unspecified atom stereocenters. The quantitative estimate of drug-likeness (QED) is 0.495. The molecule has 0 N–H and O–H groups in total. The fraction of sp³-hybridized carbons (Fsp3) is 0.938. The largest absolute Gasteiger partial charge is 0.300 e. The zero-order valence-electron chi connectivity index (χ0n) is 12.6. The Hall–Kier alpha value is -0.330. The van der Waals surface area contributed by atoms with Gasteiger partial charge in [-0.2, -0.15) is 0 Å². The summed E-state index contributed by atoms with van der Waals surface area (Å²) in [5, 5.41) is 0. The predicted molar refractivity (Wildman–Crippen MR) is 76.2 cm³/mol. The molecule has 0 spiro atoms. The van der Waals surface area contributed by atoms with E-state index in [4.69, 9.17) is 0 Å².